The molecule has 160 valence electrons. The van der Waals surface area contributed by atoms with Crippen LogP contribution in [-0.4, -0.2) is 20.5 Å². The maximum absolute atomic E-state index is 14.1. The third-order valence-electron chi connectivity index (χ3n) is 6.68. The second-order valence-electron chi connectivity index (χ2n) is 8.65. The van der Waals surface area contributed by atoms with Crippen molar-refractivity contribution in [2.24, 2.45) is 0 Å². The smallest absolute Gasteiger partial charge is 0.196 e. The molecule has 34 heavy (non-hydrogen) atoms. The lowest BCUT2D eigenvalue weighted by molar-refractivity contribution is 0.104. The van der Waals surface area contributed by atoms with Crippen LogP contribution in [0, 0.1) is 6.92 Å². The van der Waals surface area contributed by atoms with Crippen molar-refractivity contribution < 1.29 is 4.79 Å². The number of nitrogens with zero attached hydrogens (tertiary/aromatic N) is 3. The van der Waals surface area contributed by atoms with E-state index in [0.29, 0.717) is 11.3 Å². The van der Waals surface area contributed by atoms with Gasteiger partial charge >= 0.3 is 0 Å². The number of rotatable bonds is 2. The van der Waals surface area contributed by atoms with Gasteiger partial charge in [0, 0.05) is 22.1 Å². The average molecular weight is 438 g/mol. The minimum Gasteiger partial charge on any atom is -0.288 e. The summed E-state index contributed by atoms with van der Waals surface area (Å²) in [5, 5.41) is 7.88. The van der Waals surface area contributed by atoms with Gasteiger partial charge in [0.05, 0.1) is 28.0 Å². The van der Waals surface area contributed by atoms with E-state index in [2.05, 4.69) is 24.3 Å². The van der Waals surface area contributed by atoms with E-state index in [-0.39, 0.29) is 5.78 Å². The van der Waals surface area contributed by atoms with E-state index < -0.39 is 0 Å². The lowest BCUT2D eigenvalue weighted by Gasteiger charge is -2.23. The molecule has 1 aliphatic carbocycles. The molecular formula is C30H19N3O. The van der Waals surface area contributed by atoms with Crippen LogP contribution >= 0.6 is 0 Å². The van der Waals surface area contributed by atoms with Gasteiger partial charge in [-0.25, -0.2) is 9.67 Å². The second kappa shape index (κ2) is 6.96. The summed E-state index contributed by atoms with van der Waals surface area (Å²) in [6.45, 7) is 2.00. The molecule has 0 N–H and O–H groups in total. The average Bonchev–Trinajstić information content (AvgIpc) is 3.23. The number of fused-ring (bicyclic) bond motifs is 4. The number of hydrogen-bond donors (Lipinski definition) is 0. The maximum atomic E-state index is 14.1. The molecule has 0 fully saturated rings. The number of aromatic nitrogens is 3. The van der Waals surface area contributed by atoms with E-state index in [0.717, 1.165) is 55.4 Å². The zero-order chi connectivity index (χ0) is 22.8. The van der Waals surface area contributed by atoms with Crippen LogP contribution in [-0.2, 0) is 0 Å². The minimum absolute atomic E-state index is 0.0133. The van der Waals surface area contributed by atoms with Crippen molar-refractivity contribution in [1.29, 1.82) is 0 Å². The topological polar surface area (TPSA) is 47.8 Å². The van der Waals surface area contributed by atoms with E-state index in [4.69, 9.17) is 10.1 Å². The van der Waals surface area contributed by atoms with Crippen LogP contribution in [0.3, 0.4) is 0 Å². The molecular weight excluding hydrogens is 418 g/mol. The van der Waals surface area contributed by atoms with Crippen molar-refractivity contribution in [3.05, 3.63) is 114 Å². The molecule has 7 rings (SSSR count). The fraction of sp³-hybridized carbons (Fsp3) is 0.0333. The first-order valence-corrected chi connectivity index (χ1v) is 11.3. The molecule has 0 saturated carbocycles. The fourth-order valence-electron chi connectivity index (χ4n) is 5.23. The highest BCUT2D eigenvalue weighted by Crippen LogP contribution is 2.46. The highest BCUT2D eigenvalue weighted by atomic mass is 16.1. The maximum Gasteiger partial charge on any atom is 0.196 e. The highest BCUT2D eigenvalue weighted by molar-refractivity contribution is 6.30. The number of ketones is 1. The molecule has 4 aromatic carbocycles. The van der Waals surface area contributed by atoms with Gasteiger partial charge in [-0.1, -0.05) is 84.9 Å². The first kappa shape index (κ1) is 18.9. The summed E-state index contributed by atoms with van der Waals surface area (Å²) in [5.41, 5.74) is 7.52. The lowest BCUT2D eigenvalue weighted by atomic mass is 9.80. The summed E-state index contributed by atoms with van der Waals surface area (Å²) >= 11 is 0. The van der Waals surface area contributed by atoms with E-state index in [1.165, 1.54) is 0 Å². The summed E-state index contributed by atoms with van der Waals surface area (Å²) in [6, 6.07) is 32.2. The quantitative estimate of drug-likeness (QED) is 0.300. The van der Waals surface area contributed by atoms with Crippen LogP contribution in [0.2, 0.25) is 0 Å². The number of hydrogen-bond acceptors (Lipinski definition) is 3. The Labute approximate surface area is 196 Å². The monoisotopic (exact) mass is 437 g/mol. The number of carbonyl (C=O) groups is 1. The zero-order valence-electron chi connectivity index (χ0n) is 18.5. The summed E-state index contributed by atoms with van der Waals surface area (Å²) in [6.07, 6.45) is 0. The van der Waals surface area contributed by atoms with Gasteiger partial charge in [0.2, 0.25) is 0 Å². The van der Waals surface area contributed by atoms with Gasteiger partial charge in [-0.2, -0.15) is 5.10 Å². The van der Waals surface area contributed by atoms with Gasteiger partial charge in [-0.3, -0.25) is 4.79 Å². The molecule has 0 spiro atoms. The molecule has 0 amide bonds. The Morgan fingerprint density at radius 1 is 0.676 bits per heavy atom. The molecule has 0 unspecified atom stereocenters. The van der Waals surface area contributed by atoms with Crippen LogP contribution in [0.5, 0.6) is 0 Å². The lowest BCUT2D eigenvalue weighted by Crippen LogP contribution is -2.14. The Kier molecular flexibility index (Phi) is 3.88. The van der Waals surface area contributed by atoms with Gasteiger partial charge in [0.1, 0.15) is 0 Å². The normalized spacial score (nSPS) is 12.3. The molecule has 2 heterocycles. The molecule has 0 radical (unpaired) electrons. The Bertz CT molecular complexity index is 1760. The van der Waals surface area contributed by atoms with Crippen molar-refractivity contribution in [2.45, 2.75) is 6.92 Å². The van der Waals surface area contributed by atoms with Gasteiger partial charge in [-0.05, 0) is 30.0 Å². The summed E-state index contributed by atoms with van der Waals surface area (Å²) in [5.74, 6) is 0.0133. The van der Waals surface area contributed by atoms with Crippen molar-refractivity contribution in [2.75, 3.05) is 0 Å². The number of benzene rings is 4. The molecule has 2 aromatic heterocycles. The number of aryl methyl sites for hydroxylation is 1. The Morgan fingerprint density at radius 2 is 1.35 bits per heavy atom. The summed E-state index contributed by atoms with van der Waals surface area (Å²) < 4.78 is 1.89. The predicted molar refractivity (Wildman–Crippen MR) is 135 cm³/mol. The van der Waals surface area contributed by atoms with Crippen molar-refractivity contribution >= 4 is 27.6 Å². The highest BCUT2D eigenvalue weighted by Gasteiger charge is 2.32. The number of pyridine rings is 1. The van der Waals surface area contributed by atoms with Crippen molar-refractivity contribution in [3.8, 4) is 28.1 Å². The zero-order valence-corrected chi connectivity index (χ0v) is 18.5. The first-order chi connectivity index (χ1) is 16.7. The van der Waals surface area contributed by atoms with E-state index in [9.17, 15) is 4.79 Å². The summed E-state index contributed by atoms with van der Waals surface area (Å²) in [4.78, 5) is 19.2. The molecule has 4 heteroatoms. The van der Waals surface area contributed by atoms with E-state index >= 15 is 0 Å². The van der Waals surface area contributed by atoms with Crippen molar-refractivity contribution in [1.82, 2.24) is 14.8 Å². The molecule has 0 saturated heterocycles. The fourth-order valence-corrected chi connectivity index (χ4v) is 5.23. The van der Waals surface area contributed by atoms with Gasteiger partial charge in [-0.15, -0.1) is 0 Å². The summed E-state index contributed by atoms with van der Waals surface area (Å²) in [7, 11) is 0. The first-order valence-electron chi connectivity index (χ1n) is 11.3. The van der Waals surface area contributed by atoms with Crippen LogP contribution in [0.15, 0.2) is 97.1 Å². The predicted octanol–water partition coefficient (Wildman–Crippen LogP) is 6.76. The SMILES string of the molecule is Cc1nn(-c2ccccc2)c2nc(-c3ccccc3)c3c(c12)-c1cccc2cccc(c12)C3=O. The number of carbonyl (C=O) groups excluding carboxylic acids is 1. The van der Waals surface area contributed by atoms with Gasteiger partial charge in [0.15, 0.2) is 11.4 Å². The van der Waals surface area contributed by atoms with Crippen molar-refractivity contribution in [3.63, 3.8) is 0 Å². The Morgan fingerprint density at radius 3 is 2.09 bits per heavy atom. The Hall–Kier alpha value is -4.57. The molecule has 0 aliphatic heterocycles. The molecule has 0 bridgehead atoms. The number of para-hydroxylation sites is 1. The standard InChI is InChI=1S/C30H19N3O/c1-18-24-26-22-16-8-12-19-13-9-17-23(25(19)22)29(34)27(26)28(20-10-4-2-5-11-20)31-30(24)33(32-18)21-14-6-3-7-15-21/h2-17H,1H3. The Balaban J connectivity index is 1.71. The van der Waals surface area contributed by atoms with Crippen LogP contribution in [0.4, 0.5) is 0 Å². The molecule has 1 aliphatic rings. The minimum atomic E-state index is 0.0133. The third kappa shape index (κ3) is 2.51. The third-order valence-corrected chi connectivity index (χ3v) is 6.68. The molecule has 0 atom stereocenters. The largest absolute Gasteiger partial charge is 0.288 e. The molecule has 4 nitrogen and oxygen atoms in total. The van der Waals surface area contributed by atoms with Crippen LogP contribution in [0.1, 0.15) is 21.6 Å². The van der Waals surface area contributed by atoms with Gasteiger partial charge in [0.25, 0.3) is 0 Å². The van der Waals surface area contributed by atoms with E-state index in [1.807, 2.05) is 84.4 Å². The van der Waals surface area contributed by atoms with Crippen LogP contribution in [0.25, 0.3) is 49.9 Å². The van der Waals surface area contributed by atoms with Gasteiger partial charge < -0.3 is 0 Å². The molecule has 6 aromatic rings. The second-order valence-corrected chi connectivity index (χ2v) is 8.65. The van der Waals surface area contributed by atoms with Crippen LogP contribution < -0.4 is 0 Å². The van der Waals surface area contributed by atoms with E-state index in [1.54, 1.807) is 0 Å².